The lowest BCUT2D eigenvalue weighted by Gasteiger charge is -2.20. The van der Waals surface area contributed by atoms with E-state index < -0.39 is 0 Å². The van der Waals surface area contributed by atoms with Crippen LogP contribution < -0.4 is 5.32 Å². The van der Waals surface area contributed by atoms with Gasteiger partial charge in [0, 0.05) is 52.3 Å². The SMILES string of the molecule is C=Cc1cc(-c2ncc3c(-c4ccn5ncc(C=C)c5c4)c[nH]c3n2)ccc1N=C.CNC1CCCCC1. The van der Waals surface area contributed by atoms with E-state index in [0.717, 1.165) is 56.1 Å². The molecule has 0 bridgehead atoms. The monoisotopic (exact) mass is 503 g/mol. The summed E-state index contributed by atoms with van der Waals surface area (Å²) in [6, 6.07) is 10.8. The first-order valence-electron chi connectivity index (χ1n) is 13.0. The van der Waals surface area contributed by atoms with Crippen LogP contribution in [0.15, 0.2) is 73.3 Å². The summed E-state index contributed by atoms with van der Waals surface area (Å²) in [5, 5.41) is 8.60. The van der Waals surface area contributed by atoms with E-state index in [4.69, 9.17) is 4.98 Å². The number of aliphatic imine (C=N–C) groups is 1. The number of H-pyrrole nitrogens is 1. The van der Waals surface area contributed by atoms with Gasteiger partial charge >= 0.3 is 0 Å². The normalized spacial score (nSPS) is 13.7. The lowest BCUT2D eigenvalue weighted by Crippen LogP contribution is -2.26. The van der Waals surface area contributed by atoms with Gasteiger partial charge in [-0.3, -0.25) is 4.99 Å². The molecular weight excluding hydrogens is 470 g/mol. The maximum atomic E-state index is 4.73. The van der Waals surface area contributed by atoms with Crippen molar-refractivity contribution in [3.8, 4) is 22.5 Å². The van der Waals surface area contributed by atoms with Gasteiger partial charge in [0.2, 0.25) is 0 Å². The standard InChI is InChI=1S/C24H18N6.C7H15N/c1-4-15-10-18(6-7-21(15)25-3)23-26-14-20-19(13-27-24(20)29-23)17-8-9-30-22(11-17)16(5-2)12-28-30;1-8-7-5-3-2-4-6-7/h4-14H,1-3H2,(H,26,27,29);7-8H,2-6H2,1H3. The number of aromatic nitrogens is 5. The number of nitrogens with one attached hydrogen (secondary N) is 2. The molecule has 1 aliphatic carbocycles. The van der Waals surface area contributed by atoms with Crippen molar-refractivity contribution < 1.29 is 0 Å². The molecule has 1 saturated carbocycles. The van der Waals surface area contributed by atoms with Crippen molar-refractivity contribution >= 4 is 41.1 Å². The molecule has 192 valence electrons. The third kappa shape index (κ3) is 5.06. The van der Waals surface area contributed by atoms with Gasteiger partial charge in [0.1, 0.15) is 5.65 Å². The van der Waals surface area contributed by atoms with E-state index in [0.29, 0.717) is 5.82 Å². The Bertz CT molecular complexity index is 1600. The van der Waals surface area contributed by atoms with Crippen molar-refractivity contribution in [2.75, 3.05) is 7.05 Å². The van der Waals surface area contributed by atoms with Crippen LogP contribution in [0.5, 0.6) is 0 Å². The lowest BCUT2D eigenvalue weighted by atomic mass is 9.96. The van der Waals surface area contributed by atoms with Crippen molar-refractivity contribution in [1.29, 1.82) is 0 Å². The maximum absolute atomic E-state index is 4.73. The summed E-state index contributed by atoms with van der Waals surface area (Å²) in [5.74, 6) is 0.634. The Hall–Kier alpha value is -4.36. The van der Waals surface area contributed by atoms with Crippen molar-refractivity contribution in [1.82, 2.24) is 29.9 Å². The largest absolute Gasteiger partial charge is 0.345 e. The van der Waals surface area contributed by atoms with Crippen LogP contribution in [-0.4, -0.2) is 44.4 Å². The van der Waals surface area contributed by atoms with Gasteiger partial charge in [-0.2, -0.15) is 5.10 Å². The summed E-state index contributed by atoms with van der Waals surface area (Å²) in [4.78, 5) is 16.6. The van der Waals surface area contributed by atoms with E-state index in [-0.39, 0.29) is 0 Å². The minimum absolute atomic E-state index is 0.634. The molecule has 1 aromatic carbocycles. The van der Waals surface area contributed by atoms with Crippen LogP contribution in [0.3, 0.4) is 0 Å². The number of rotatable bonds is 6. The van der Waals surface area contributed by atoms with Crippen LogP contribution in [0.25, 0.3) is 51.2 Å². The minimum atomic E-state index is 0.634. The summed E-state index contributed by atoms with van der Waals surface area (Å²) in [7, 11) is 2.07. The van der Waals surface area contributed by atoms with Crippen LogP contribution in [-0.2, 0) is 0 Å². The first kappa shape index (κ1) is 25.3. The fraction of sp³-hybridized carbons (Fsp3) is 0.226. The minimum Gasteiger partial charge on any atom is -0.345 e. The molecule has 4 aromatic heterocycles. The number of pyridine rings is 1. The molecule has 0 atom stereocenters. The molecule has 6 rings (SSSR count). The zero-order valence-electron chi connectivity index (χ0n) is 21.8. The van der Waals surface area contributed by atoms with Crippen LogP contribution >= 0.6 is 0 Å². The Morgan fingerprint density at radius 3 is 2.55 bits per heavy atom. The number of nitrogens with zero attached hydrogens (tertiary/aromatic N) is 5. The highest BCUT2D eigenvalue weighted by Gasteiger charge is 2.13. The fourth-order valence-electron chi connectivity index (χ4n) is 5.00. The second kappa shape index (κ2) is 11.4. The smallest absolute Gasteiger partial charge is 0.161 e. The number of hydrogen-bond donors (Lipinski definition) is 2. The van der Waals surface area contributed by atoms with Gasteiger partial charge in [0.15, 0.2) is 5.82 Å². The second-order valence-corrected chi connectivity index (χ2v) is 9.47. The molecule has 5 aromatic rings. The molecule has 2 N–H and O–H groups in total. The highest BCUT2D eigenvalue weighted by atomic mass is 15.2. The molecule has 1 aliphatic rings. The third-order valence-electron chi connectivity index (χ3n) is 7.20. The second-order valence-electron chi connectivity index (χ2n) is 9.47. The lowest BCUT2D eigenvalue weighted by molar-refractivity contribution is 0.394. The van der Waals surface area contributed by atoms with Gasteiger partial charge in [0.25, 0.3) is 0 Å². The molecule has 1 fully saturated rings. The van der Waals surface area contributed by atoms with E-state index in [1.807, 2.05) is 47.4 Å². The van der Waals surface area contributed by atoms with Crippen molar-refractivity contribution in [3.63, 3.8) is 0 Å². The Morgan fingerprint density at radius 2 is 1.84 bits per heavy atom. The quantitative estimate of drug-likeness (QED) is 0.242. The van der Waals surface area contributed by atoms with E-state index in [2.05, 4.69) is 58.4 Å². The molecule has 38 heavy (non-hydrogen) atoms. The molecule has 0 spiro atoms. The molecule has 0 saturated heterocycles. The number of benzene rings is 1. The zero-order valence-corrected chi connectivity index (χ0v) is 21.8. The Morgan fingerprint density at radius 1 is 1.03 bits per heavy atom. The van der Waals surface area contributed by atoms with E-state index in [1.165, 1.54) is 32.1 Å². The van der Waals surface area contributed by atoms with Crippen molar-refractivity contribution in [2.45, 2.75) is 38.1 Å². The van der Waals surface area contributed by atoms with Crippen molar-refractivity contribution in [2.24, 2.45) is 4.99 Å². The summed E-state index contributed by atoms with van der Waals surface area (Å²) in [6.07, 6.45) is 18.2. The third-order valence-corrected chi connectivity index (χ3v) is 7.20. The average Bonchev–Trinajstić information content (AvgIpc) is 3.60. The molecular formula is C31H33N7. The predicted octanol–water partition coefficient (Wildman–Crippen LogP) is 7.10. The molecule has 4 heterocycles. The van der Waals surface area contributed by atoms with Crippen LogP contribution in [0.4, 0.5) is 5.69 Å². The Labute approximate surface area is 223 Å². The first-order chi connectivity index (χ1) is 18.6. The molecule has 0 amide bonds. The average molecular weight is 504 g/mol. The van der Waals surface area contributed by atoms with E-state index in [9.17, 15) is 0 Å². The maximum Gasteiger partial charge on any atom is 0.161 e. The highest BCUT2D eigenvalue weighted by Crippen LogP contribution is 2.31. The first-order valence-corrected chi connectivity index (χ1v) is 13.0. The summed E-state index contributed by atoms with van der Waals surface area (Å²) < 4.78 is 1.84. The Balaban J connectivity index is 0.000000316. The number of aromatic amines is 1. The van der Waals surface area contributed by atoms with Crippen LogP contribution in [0, 0.1) is 0 Å². The Kier molecular flexibility index (Phi) is 7.56. The highest BCUT2D eigenvalue weighted by molar-refractivity contribution is 5.94. The number of fused-ring (bicyclic) bond motifs is 2. The van der Waals surface area contributed by atoms with E-state index in [1.54, 1.807) is 18.3 Å². The van der Waals surface area contributed by atoms with E-state index >= 15 is 0 Å². The summed E-state index contributed by atoms with van der Waals surface area (Å²) in [6.45, 7) is 11.3. The summed E-state index contributed by atoms with van der Waals surface area (Å²) >= 11 is 0. The van der Waals surface area contributed by atoms with Gasteiger partial charge in [-0.1, -0.05) is 44.6 Å². The van der Waals surface area contributed by atoms with Gasteiger partial charge in [-0.15, -0.1) is 0 Å². The topological polar surface area (TPSA) is 83.3 Å². The van der Waals surface area contributed by atoms with Crippen LogP contribution in [0.2, 0.25) is 0 Å². The molecule has 0 radical (unpaired) electrons. The van der Waals surface area contributed by atoms with Gasteiger partial charge in [-0.25, -0.2) is 14.5 Å². The molecule has 0 aliphatic heterocycles. The molecule has 7 heteroatoms. The van der Waals surface area contributed by atoms with Crippen molar-refractivity contribution in [3.05, 3.63) is 79.4 Å². The predicted molar refractivity (Wildman–Crippen MR) is 159 cm³/mol. The molecule has 0 unspecified atom stereocenters. The van der Waals surface area contributed by atoms with Crippen LogP contribution in [0.1, 0.15) is 43.2 Å². The van der Waals surface area contributed by atoms with Gasteiger partial charge < -0.3 is 10.3 Å². The molecule has 7 nitrogen and oxygen atoms in total. The van der Waals surface area contributed by atoms with Gasteiger partial charge in [0.05, 0.1) is 17.4 Å². The fourth-order valence-corrected chi connectivity index (χ4v) is 5.00. The van der Waals surface area contributed by atoms with Gasteiger partial charge in [-0.05, 0) is 62.5 Å². The number of hydrogen-bond acceptors (Lipinski definition) is 5. The zero-order chi connectivity index (χ0) is 26.5. The summed E-state index contributed by atoms with van der Waals surface area (Å²) in [5.41, 5.74) is 7.44.